The van der Waals surface area contributed by atoms with E-state index in [0.717, 1.165) is 0 Å². The van der Waals surface area contributed by atoms with Crippen LogP contribution in [0.2, 0.25) is 0 Å². The molecule has 1 unspecified atom stereocenters. The number of ketones is 1. The second-order valence-corrected chi connectivity index (χ2v) is 5.68. The van der Waals surface area contributed by atoms with E-state index in [1.54, 1.807) is 0 Å². The van der Waals surface area contributed by atoms with Crippen molar-refractivity contribution >= 4 is 11.4 Å². The van der Waals surface area contributed by atoms with Gasteiger partial charge < -0.3 is 35.0 Å². The zero-order valence-corrected chi connectivity index (χ0v) is 13.8. The predicted molar refractivity (Wildman–Crippen MR) is 89.9 cm³/mol. The fraction of sp³-hybridized carbons (Fsp3) is 0.167. The standard InChI is InChI=1S/C18H16O8/c1-25-7-3-9(19)13(10(20)4-7)15-17(23)16(18(15)24)14-11(21)5-8(26-2)6-12(14)22/h3-6,15,19-23H,1-2H3. The molecule has 8 heteroatoms. The number of hydrogen-bond acceptors (Lipinski definition) is 8. The number of Topliss-reactive ketones (excluding diaryl/α,β-unsaturated/α-hetero) is 1. The molecular formula is C18H16O8. The van der Waals surface area contributed by atoms with Gasteiger partial charge >= 0.3 is 0 Å². The molecule has 26 heavy (non-hydrogen) atoms. The SMILES string of the molecule is COc1cc(O)c(C2=C(O)C(c3c(O)cc(OC)cc3O)C2=O)c(O)c1. The van der Waals surface area contributed by atoms with Gasteiger partial charge in [-0.3, -0.25) is 4.79 Å². The lowest BCUT2D eigenvalue weighted by Crippen LogP contribution is -2.28. The third-order valence-corrected chi connectivity index (χ3v) is 4.23. The second kappa shape index (κ2) is 6.07. The Hall–Kier alpha value is -3.55. The molecule has 0 aliphatic heterocycles. The number of rotatable bonds is 4. The summed E-state index contributed by atoms with van der Waals surface area (Å²) in [7, 11) is 2.68. The largest absolute Gasteiger partial charge is 0.510 e. The topological polar surface area (TPSA) is 137 Å². The summed E-state index contributed by atoms with van der Waals surface area (Å²) in [6.45, 7) is 0. The van der Waals surface area contributed by atoms with Crippen LogP contribution in [0.1, 0.15) is 17.0 Å². The Balaban J connectivity index is 2.10. The lowest BCUT2D eigenvalue weighted by Gasteiger charge is -2.30. The average Bonchev–Trinajstić information content (AvgIpc) is 2.60. The summed E-state index contributed by atoms with van der Waals surface area (Å²) in [6.07, 6.45) is 0. The average molecular weight is 360 g/mol. The molecule has 3 rings (SSSR count). The van der Waals surface area contributed by atoms with Crippen LogP contribution in [0.15, 0.2) is 30.0 Å². The minimum absolute atomic E-state index is 0.164. The summed E-state index contributed by atoms with van der Waals surface area (Å²) < 4.78 is 9.80. The van der Waals surface area contributed by atoms with Crippen molar-refractivity contribution in [2.75, 3.05) is 14.2 Å². The number of hydrogen-bond donors (Lipinski definition) is 5. The Morgan fingerprint density at radius 3 is 1.58 bits per heavy atom. The number of aliphatic hydroxyl groups excluding tert-OH is 1. The maximum atomic E-state index is 12.6. The maximum Gasteiger partial charge on any atom is 0.182 e. The van der Waals surface area contributed by atoms with Gasteiger partial charge in [0.25, 0.3) is 0 Å². The lowest BCUT2D eigenvalue weighted by molar-refractivity contribution is -0.116. The van der Waals surface area contributed by atoms with Crippen LogP contribution in [-0.4, -0.2) is 45.5 Å². The van der Waals surface area contributed by atoms with Gasteiger partial charge in [0.1, 0.15) is 46.2 Å². The Morgan fingerprint density at radius 1 is 0.769 bits per heavy atom. The molecule has 1 aliphatic carbocycles. The highest BCUT2D eigenvalue weighted by Crippen LogP contribution is 2.52. The van der Waals surface area contributed by atoms with Crippen molar-refractivity contribution in [1.82, 2.24) is 0 Å². The summed E-state index contributed by atoms with van der Waals surface area (Å²) in [4.78, 5) is 12.6. The second-order valence-electron chi connectivity index (χ2n) is 5.68. The summed E-state index contributed by atoms with van der Waals surface area (Å²) >= 11 is 0. The predicted octanol–water partition coefficient (Wildman–Crippen LogP) is 2.16. The van der Waals surface area contributed by atoms with Crippen molar-refractivity contribution < 1.29 is 39.8 Å². The van der Waals surface area contributed by atoms with Gasteiger partial charge in [-0.15, -0.1) is 0 Å². The first-order valence-electron chi connectivity index (χ1n) is 7.47. The number of benzene rings is 2. The molecule has 0 radical (unpaired) electrons. The van der Waals surface area contributed by atoms with E-state index in [2.05, 4.69) is 0 Å². The van der Waals surface area contributed by atoms with Crippen LogP contribution in [0.3, 0.4) is 0 Å². The molecule has 0 heterocycles. The van der Waals surface area contributed by atoms with Crippen molar-refractivity contribution in [2.24, 2.45) is 0 Å². The molecule has 1 aliphatic rings. The van der Waals surface area contributed by atoms with Gasteiger partial charge in [-0.1, -0.05) is 0 Å². The van der Waals surface area contributed by atoms with Crippen LogP contribution in [0.5, 0.6) is 34.5 Å². The minimum Gasteiger partial charge on any atom is -0.510 e. The third-order valence-electron chi connectivity index (χ3n) is 4.23. The van der Waals surface area contributed by atoms with E-state index >= 15 is 0 Å². The number of carbonyl (C=O) groups excluding carboxylic acids is 1. The van der Waals surface area contributed by atoms with Gasteiger partial charge in [-0.05, 0) is 0 Å². The van der Waals surface area contributed by atoms with Gasteiger partial charge in [0.2, 0.25) is 0 Å². The van der Waals surface area contributed by atoms with Crippen molar-refractivity contribution in [3.05, 3.63) is 41.2 Å². The molecule has 0 fully saturated rings. The zero-order valence-electron chi connectivity index (χ0n) is 13.8. The molecule has 2 aromatic rings. The van der Waals surface area contributed by atoms with Crippen molar-refractivity contribution in [1.29, 1.82) is 0 Å². The number of aliphatic hydroxyl groups is 1. The Bertz CT molecular complexity index is 898. The number of aromatic hydroxyl groups is 4. The first-order chi connectivity index (χ1) is 12.3. The molecule has 0 bridgehead atoms. The smallest absolute Gasteiger partial charge is 0.182 e. The molecule has 5 N–H and O–H groups in total. The van der Waals surface area contributed by atoms with E-state index in [0.29, 0.717) is 0 Å². The molecule has 0 saturated heterocycles. The van der Waals surface area contributed by atoms with Crippen LogP contribution >= 0.6 is 0 Å². The van der Waals surface area contributed by atoms with E-state index in [4.69, 9.17) is 9.47 Å². The normalized spacial score (nSPS) is 16.4. The highest BCUT2D eigenvalue weighted by Gasteiger charge is 2.46. The van der Waals surface area contributed by atoms with Crippen LogP contribution < -0.4 is 9.47 Å². The monoisotopic (exact) mass is 360 g/mol. The molecule has 0 amide bonds. The number of phenolic OH excluding ortho intramolecular Hbond substituents is 4. The molecule has 8 nitrogen and oxygen atoms in total. The quantitative estimate of drug-likeness (QED) is 0.559. The van der Waals surface area contributed by atoms with Crippen LogP contribution in [0.25, 0.3) is 5.57 Å². The molecule has 136 valence electrons. The summed E-state index contributed by atoms with van der Waals surface area (Å²) in [6, 6.07) is 4.74. The number of ether oxygens (including phenoxy) is 2. The summed E-state index contributed by atoms with van der Waals surface area (Å²) in [5, 5.41) is 50.6. The minimum atomic E-state index is -1.32. The molecule has 1 atom stereocenters. The van der Waals surface area contributed by atoms with Gasteiger partial charge in [-0.25, -0.2) is 0 Å². The van der Waals surface area contributed by atoms with Crippen molar-refractivity contribution in [2.45, 2.75) is 5.92 Å². The van der Waals surface area contributed by atoms with Crippen LogP contribution in [-0.2, 0) is 4.79 Å². The highest BCUT2D eigenvalue weighted by atomic mass is 16.5. The summed E-state index contributed by atoms with van der Waals surface area (Å²) in [5.74, 6) is -3.96. The van der Waals surface area contributed by atoms with Gasteiger partial charge in [0.05, 0.1) is 30.9 Å². The van der Waals surface area contributed by atoms with Crippen LogP contribution in [0, 0.1) is 0 Å². The molecule has 0 saturated carbocycles. The Morgan fingerprint density at radius 2 is 1.19 bits per heavy atom. The fourth-order valence-electron chi connectivity index (χ4n) is 2.95. The van der Waals surface area contributed by atoms with Gasteiger partial charge in [-0.2, -0.15) is 0 Å². The van der Waals surface area contributed by atoms with E-state index in [9.17, 15) is 30.3 Å². The van der Waals surface area contributed by atoms with E-state index < -0.39 is 40.5 Å². The molecule has 0 spiro atoms. The van der Waals surface area contributed by atoms with Crippen molar-refractivity contribution in [3.63, 3.8) is 0 Å². The van der Waals surface area contributed by atoms with E-state index in [1.807, 2.05) is 0 Å². The Labute approximate surface area is 147 Å². The zero-order chi connectivity index (χ0) is 19.2. The number of allylic oxidation sites excluding steroid dienone is 2. The Kier molecular flexibility index (Phi) is 4.03. The first-order valence-corrected chi connectivity index (χ1v) is 7.47. The maximum absolute atomic E-state index is 12.6. The third kappa shape index (κ3) is 2.43. The number of methoxy groups -OCH3 is 2. The van der Waals surface area contributed by atoms with Gasteiger partial charge in [0.15, 0.2) is 5.78 Å². The number of phenols is 4. The fourth-order valence-corrected chi connectivity index (χ4v) is 2.95. The molecular weight excluding hydrogens is 344 g/mol. The number of carbonyl (C=O) groups is 1. The lowest BCUT2D eigenvalue weighted by atomic mass is 9.74. The molecule has 0 aromatic heterocycles. The van der Waals surface area contributed by atoms with Crippen LogP contribution in [0.4, 0.5) is 0 Å². The van der Waals surface area contributed by atoms with Gasteiger partial charge in [0, 0.05) is 24.3 Å². The van der Waals surface area contributed by atoms with E-state index in [-0.39, 0.29) is 28.2 Å². The van der Waals surface area contributed by atoms with Crippen molar-refractivity contribution in [3.8, 4) is 34.5 Å². The highest BCUT2D eigenvalue weighted by molar-refractivity contribution is 6.33. The first kappa shape index (κ1) is 17.3. The van der Waals surface area contributed by atoms with E-state index in [1.165, 1.54) is 38.5 Å². The molecule has 2 aromatic carbocycles. The summed E-state index contributed by atoms with van der Waals surface area (Å²) in [5.41, 5.74) is -0.746.